The number of methoxy groups -OCH3 is 1. The molecule has 0 spiro atoms. The fourth-order valence-electron chi connectivity index (χ4n) is 1.55. The summed E-state index contributed by atoms with van der Waals surface area (Å²) in [6.07, 6.45) is 0. The predicted octanol–water partition coefficient (Wildman–Crippen LogP) is 0.642. The van der Waals surface area contributed by atoms with E-state index in [4.69, 9.17) is 0 Å². The van der Waals surface area contributed by atoms with Crippen molar-refractivity contribution in [2.24, 2.45) is 0 Å². The molecule has 0 saturated carbocycles. The molecule has 0 saturated heterocycles. The number of aromatic nitrogens is 1. The van der Waals surface area contributed by atoms with E-state index in [1.165, 1.54) is 7.11 Å². The van der Waals surface area contributed by atoms with Gasteiger partial charge in [-0.2, -0.15) is 0 Å². The Morgan fingerprint density at radius 2 is 1.95 bits per heavy atom. The zero-order valence-corrected chi connectivity index (χ0v) is 10.3. The van der Waals surface area contributed by atoms with Gasteiger partial charge in [0.05, 0.1) is 5.52 Å². The molecule has 1 aromatic heterocycles. The van der Waals surface area contributed by atoms with E-state index in [1.54, 1.807) is 12.1 Å². The van der Waals surface area contributed by atoms with Crippen LogP contribution in [0.1, 0.15) is 10.5 Å². The molecule has 0 atom stereocenters. The minimum Gasteiger partial charge on any atom is -0.375 e. The lowest BCUT2D eigenvalue weighted by atomic mass is 10.2. The van der Waals surface area contributed by atoms with Gasteiger partial charge in [-0.25, -0.2) is 4.98 Å². The maximum absolute atomic E-state index is 11.8. The molecule has 1 heterocycles. The first-order valence-electron chi connectivity index (χ1n) is 5.64. The molecule has 2 rings (SSSR count). The topological polar surface area (TPSA) is 80.3 Å². The van der Waals surface area contributed by atoms with Crippen LogP contribution in [0.25, 0.3) is 10.9 Å². The molecule has 0 aliphatic carbocycles. The number of carbonyl (C=O) groups is 2. The highest BCUT2D eigenvalue weighted by Gasteiger charge is 2.09. The van der Waals surface area contributed by atoms with Crippen LogP contribution in [0.15, 0.2) is 36.4 Å². The third-order valence-corrected chi connectivity index (χ3v) is 2.42. The van der Waals surface area contributed by atoms with E-state index in [2.05, 4.69) is 20.6 Å². The largest absolute Gasteiger partial charge is 0.375 e. The van der Waals surface area contributed by atoms with E-state index < -0.39 is 11.8 Å². The second-order valence-corrected chi connectivity index (χ2v) is 3.82. The van der Waals surface area contributed by atoms with Gasteiger partial charge in [0.2, 0.25) is 0 Å². The van der Waals surface area contributed by atoms with Crippen molar-refractivity contribution >= 4 is 22.7 Å². The lowest BCUT2D eigenvalue weighted by molar-refractivity contribution is -0.125. The quantitative estimate of drug-likeness (QED) is 0.793. The van der Waals surface area contributed by atoms with Crippen LogP contribution >= 0.6 is 0 Å². The van der Waals surface area contributed by atoms with Crippen LogP contribution in [0.3, 0.4) is 0 Å². The molecule has 0 fully saturated rings. The number of benzene rings is 1. The van der Waals surface area contributed by atoms with Crippen molar-refractivity contribution in [3.8, 4) is 0 Å². The fraction of sp³-hybridized carbons (Fsp3) is 0.154. The van der Waals surface area contributed by atoms with Crippen molar-refractivity contribution < 1.29 is 14.3 Å². The Kier molecular flexibility index (Phi) is 4.04. The number of hydrogen-bond acceptors (Lipinski definition) is 4. The molecule has 2 amide bonds. The summed E-state index contributed by atoms with van der Waals surface area (Å²) in [5.74, 6) is -0.910. The Morgan fingerprint density at radius 3 is 2.74 bits per heavy atom. The van der Waals surface area contributed by atoms with Gasteiger partial charge in [-0.3, -0.25) is 20.4 Å². The predicted molar refractivity (Wildman–Crippen MR) is 69.2 cm³/mol. The average molecular weight is 259 g/mol. The number of para-hydroxylation sites is 1. The van der Waals surface area contributed by atoms with Crippen molar-refractivity contribution in [3.05, 3.63) is 42.1 Å². The molecule has 6 heteroatoms. The monoisotopic (exact) mass is 259 g/mol. The average Bonchev–Trinajstić information content (AvgIpc) is 2.44. The van der Waals surface area contributed by atoms with Crippen LogP contribution in [0.5, 0.6) is 0 Å². The van der Waals surface area contributed by atoms with E-state index in [0.717, 1.165) is 10.9 Å². The summed E-state index contributed by atoms with van der Waals surface area (Å²) in [7, 11) is 1.40. The second-order valence-electron chi connectivity index (χ2n) is 3.82. The maximum atomic E-state index is 11.8. The Labute approximate surface area is 109 Å². The minimum absolute atomic E-state index is 0.120. The van der Waals surface area contributed by atoms with Crippen LogP contribution < -0.4 is 10.9 Å². The summed E-state index contributed by atoms with van der Waals surface area (Å²) in [6, 6.07) is 10.9. The van der Waals surface area contributed by atoms with Gasteiger partial charge in [0.1, 0.15) is 12.3 Å². The van der Waals surface area contributed by atoms with Gasteiger partial charge in [0.25, 0.3) is 11.8 Å². The van der Waals surface area contributed by atoms with Gasteiger partial charge in [-0.05, 0) is 12.1 Å². The van der Waals surface area contributed by atoms with Gasteiger partial charge in [0.15, 0.2) is 0 Å². The summed E-state index contributed by atoms with van der Waals surface area (Å²) in [5, 5.41) is 0.947. The van der Waals surface area contributed by atoms with Crippen LogP contribution in [-0.2, 0) is 9.53 Å². The molecule has 6 nitrogen and oxygen atoms in total. The molecule has 0 radical (unpaired) electrons. The van der Waals surface area contributed by atoms with Crippen molar-refractivity contribution in [3.63, 3.8) is 0 Å². The van der Waals surface area contributed by atoms with E-state index >= 15 is 0 Å². The van der Waals surface area contributed by atoms with Crippen LogP contribution in [0.4, 0.5) is 0 Å². The Hall–Kier alpha value is -2.47. The number of pyridine rings is 1. The van der Waals surface area contributed by atoms with Gasteiger partial charge >= 0.3 is 0 Å². The van der Waals surface area contributed by atoms with E-state index in [1.807, 2.05) is 24.3 Å². The van der Waals surface area contributed by atoms with E-state index in [-0.39, 0.29) is 12.3 Å². The Bertz CT molecular complexity index is 613. The SMILES string of the molecule is COCC(=O)NNC(=O)c1ccc2ccccc2n1. The summed E-state index contributed by atoms with van der Waals surface area (Å²) in [4.78, 5) is 27.1. The molecular formula is C13H13N3O3. The molecule has 2 N–H and O–H groups in total. The first kappa shape index (κ1) is 13.0. The smallest absolute Gasteiger partial charge is 0.288 e. The van der Waals surface area contributed by atoms with Crippen molar-refractivity contribution in [2.45, 2.75) is 0 Å². The highest BCUT2D eigenvalue weighted by molar-refractivity contribution is 5.95. The number of amides is 2. The standard InChI is InChI=1S/C13H13N3O3/c1-19-8-12(17)15-16-13(18)11-7-6-9-4-2-3-5-10(9)14-11/h2-7H,8H2,1H3,(H,15,17)(H,16,18). The summed E-state index contributed by atoms with van der Waals surface area (Å²) >= 11 is 0. The first-order valence-corrected chi connectivity index (χ1v) is 5.64. The molecular weight excluding hydrogens is 246 g/mol. The number of hydrazine groups is 1. The van der Waals surface area contributed by atoms with Crippen LogP contribution in [-0.4, -0.2) is 30.5 Å². The second kappa shape index (κ2) is 5.92. The minimum atomic E-state index is -0.477. The van der Waals surface area contributed by atoms with E-state index in [9.17, 15) is 9.59 Å². The summed E-state index contributed by atoms with van der Waals surface area (Å²) in [6.45, 7) is -0.120. The number of rotatable bonds is 3. The highest BCUT2D eigenvalue weighted by Crippen LogP contribution is 2.11. The summed E-state index contributed by atoms with van der Waals surface area (Å²) < 4.78 is 4.62. The molecule has 0 bridgehead atoms. The van der Waals surface area contributed by atoms with E-state index in [0.29, 0.717) is 0 Å². The molecule has 0 aliphatic heterocycles. The van der Waals surface area contributed by atoms with Crippen LogP contribution in [0.2, 0.25) is 0 Å². The lowest BCUT2D eigenvalue weighted by Gasteiger charge is -2.06. The maximum Gasteiger partial charge on any atom is 0.288 e. The highest BCUT2D eigenvalue weighted by atomic mass is 16.5. The number of carbonyl (C=O) groups excluding carboxylic acids is 2. The zero-order chi connectivity index (χ0) is 13.7. The molecule has 0 unspecified atom stereocenters. The van der Waals surface area contributed by atoms with Crippen molar-refractivity contribution in [1.82, 2.24) is 15.8 Å². The first-order chi connectivity index (χ1) is 9.20. The number of hydrogen-bond donors (Lipinski definition) is 2. The zero-order valence-electron chi connectivity index (χ0n) is 10.3. The normalized spacial score (nSPS) is 10.2. The number of ether oxygens (including phenoxy) is 1. The van der Waals surface area contributed by atoms with Crippen molar-refractivity contribution in [1.29, 1.82) is 0 Å². The number of nitrogens with zero attached hydrogens (tertiary/aromatic N) is 1. The molecule has 0 aliphatic rings. The Morgan fingerprint density at radius 1 is 1.16 bits per heavy atom. The fourth-order valence-corrected chi connectivity index (χ4v) is 1.55. The van der Waals surface area contributed by atoms with Gasteiger partial charge in [0, 0.05) is 12.5 Å². The lowest BCUT2D eigenvalue weighted by Crippen LogP contribution is -2.43. The van der Waals surface area contributed by atoms with Crippen LogP contribution in [0, 0.1) is 0 Å². The third-order valence-electron chi connectivity index (χ3n) is 2.42. The van der Waals surface area contributed by atoms with Gasteiger partial charge in [-0.1, -0.05) is 24.3 Å². The molecule has 1 aromatic carbocycles. The third kappa shape index (κ3) is 3.26. The number of nitrogens with one attached hydrogen (secondary N) is 2. The van der Waals surface area contributed by atoms with Crippen molar-refractivity contribution in [2.75, 3.05) is 13.7 Å². The molecule has 98 valence electrons. The van der Waals surface area contributed by atoms with Gasteiger partial charge < -0.3 is 4.74 Å². The molecule has 2 aromatic rings. The molecule has 19 heavy (non-hydrogen) atoms. The van der Waals surface area contributed by atoms with Gasteiger partial charge in [-0.15, -0.1) is 0 Å². The summed E-state index contributed by atoms with van der Waals surface area (Å²) in [5.41, 5.74) is 5.45. The number of fused-ring (bicyclic) bond motifs is 1. The Balaban J connectivity index is 2.07.